The Labute approximate surface area is 193 Å². The largest absolute Gasteiger partial charge is 0.419 e. The summed E-state index contributed by atoms with van der Waals surface area (Å²) < 4.78 is 43.5. The lowest BCUT2D eigenvalue weighted by Gasteiger charge is -2.08. The first kappa shape index (κ1) is 22.1. The number of halogens is 3. The summed E-state index contributed by atoms with van der Waals surface area (Å²) in [6, 6.07) is 3.75. The average molecular weight is 468 g/mol. The Morgan fingerprint density at radius 2 is 1.85 bits per heavy atom. The van der Waals surface area contributed by atoms with Gasteiger partial charge in [0, 0.05) is 48.8 Å². The molecule has 1 aliphatic carbocycles. The van der Waals surface area contributed by atoms with E-state index >= 15 is 0 Å². The quantitative estimate of drug-likeness (QED) is 0.617. The molecule has 0 unspecified atom stereocenters. The second-order valence-corrected chi connectivity index (χ2v) is 8.52. The van der Waals surface area contributed by atoms with Gasteiger partial charge in [0.2, 0.25) is 0 Å². The number of pyridine rings is 1. The zero-order valence-corrected chi connectivity index (χ0v) is 18.7. The standard InChI is InChI=1S/C23H23F3N8/c1-13-20(23(24,25)26)14(2)34(31-13)19-11-18(27)30-22-17(7-10-29-19)21(16-5-8-28-9-6-16)32-33(22)12-15-3-4-15/h5-6,8-11,15H,3-4,7,12H2,1-2H3,(H2,27,30). The highest BCUT2D eigenvalue weighted by molar-refractivity contribution is 5.98. The normalized spacial score (nSPS) is 16.4. The van der Waals surface area contributed by atoms with Crippen LogP contribution in [0.25, 0.3) is 17.1 Å². The Kier molecular flexibility index (Phi) is 5.34. The first-order chi connectivity index (χ1) is 16.2. The Morgan fingerprint density at radius 3 is 2.50 bits per heavy atom. The number of alkyl halides is 3. The maximum atomic E-state index is 13.5. The van der Waals surface area contributed by atoms with Crippen molar-refractivity contribution >= 4 is 23.7 Å². The Balaban J connectivity index is 1.61. The van der Waals surface area contributed by atoms with Crippen molar-refractivity contribution in [2.24, 2.45) is 21.6 Å². The maximum absolute atomic E-state index is 13.5. The van der Waals surface area contributed by atoms with Gasteiger partial charge in [0.1, 0.15) is 5.84 Å². The van der Waals surface area contributed by atoms with Gasteiger partial charge in [0.25, 0.3) is 0 Å². The van der Waals surface area contributed by atoms with Gasteiger partial charge in [0.05, 0.1) is 22.6 Å². The summed E-state index contributed by atoms with van der Waals surface area (Å²) in [6.45, 7) is 3.42. The van der Waals surface area contributed by atoms with Crippen LogP contribution in [0.3, 0.4) is 0 Å². The molecule has 34 heavy (non-hydrogen) atoms. The molecule has 8 nitrogen and oxygen atoms in total. The number of nitrogens with two attached hydrogens (primary N) is 1. The molecule has 0 saturated heterocycles. The predicted octanol–water partition coefficient (Wildman–Crippen LogP) is 4.30. The molecule has 2 aliphatic rings. The summed E-state index contributed by atoms with van der Waals surface area (Å²) in [4.78, 5) is 13.1. The molecular formula is C23H23F3N8. The first-order valence-corrected chi connectivity index (χ1v) is 10.9. The number of hydrogen-bond donors (Lipinski definition) is 1. The zero-order chi connectivity index (χ0) is 24.0. The summed E-state index contributed by atoms with van der Waals surface area (Å²) in [6.07, 6.45) is 4.61. The highest BCUT2D eigenvalue weighted by atomic mass is 19.4. The van der Waals surface area contributed by atoms with Gasteiger partial charge >= 0.3 is 6.18 Å². The van der Waals surface area contributed by atoms with Crippen molar-refractivity contribution in [3.8, 4) is 11.3 Å². The molecule has 5 rings (SSSR count). The summed E-state index contributed by atoms with van der Waals surface area (Å²) in [5.41, 5.74) is 7.78. The van der Waals surface area contributed by atoms with E-state index in [-0.39, 0.29) is 23.0 Å². The van der Waals surface area contributed by atoms with Gasteiger partial charge < -0.3 is 5.73 Å². The number of amidine groups is 1. The van der Waals surface area contributed by atoms with Crippen LogP contribution in [0.4, 0.5) is 19.0 Å². The van der Waals surface area contributed by atoms with Crippen molar-refractivity contribution in [2.45, 2.75) is 45.8 Å². The second-order valence-electron chi connectivity index (χ2n) is 8.52. The van der Waals surface area contributed by atoms with Gasteiger partial charge in [-0.2, -0.15) is 23.4 Å². The van der Waals surface area contributed by atoms with Crippen LogP contribution in [0.2, 0.25) is 0 Å². The second kappa shape index (κ2) is 8.23. The van der Waals surface area contributed by atoms with E-state index in [0.29, 0.717) is 18.2 Å². The lowest BCUT2D eigenvalue weighted by atomic mass is 10.1. The molecule has 0 radical (unpaired) electrons. The number of fused-ring (bicyclic) bond motifs is 1. The van der Waals surface area contributed by atoms with Crippen LogP contribution in [0.5, 0.6) is 0 Å². The number of aromatic nitrogens is 5. The fourth-order valence-electron chi connectivity index (χ4n) is 4.16. The number of nitrogens with zero attached hydrogens (tertiary/aromatic N) is 7. The highest BCUT2D eigenvalue weighted by Gasteiger charge is 2.38. The lowest BCUT2D eigenvalue weighted by molar-refractivity contribution is -0.138. The minimum Gasteiger partial charge on any atom is -0.384 e. The minimum atomic E-state index is -4.52. The third-order valence-corrected chi connectivity index (χ3v) is 5.93. The van der Waals surface area contributed by atoms with Crippen molar-refractivity contribution in [1.29, 1.82) is 0 Å². The number of hydrogen-bond acceptors (Lipinski definition) is 6. The van der Waals surface area contributed by atoms with E-state index in [1.165, 1.54) is 19.9 Å². The van der Waals surface area contributed by atoms with Crippen molar-refractivity contribution in [3.05, 3.63) is 53.1 Å². The molecule has 2 N–H and O–H groups in total. The molecular weight excluding hydrogens is 445 g/mol. The van der Waals surface area contributed by atoms with Gasteiger partial charge in [-0.05, 0) is 44.7 Å². The molecule has 4 heterocycles. The molecule has 3 aromatic rings. The zero-order valence-electron chi connectivity index (χ0n) is 18.7. The number of rotatable bonds is 4. The lowest BCUT2D eigenvalue weighted by Crippen LogP contribution is -2.12. The first-order valence-electron chi connectivity index (χ1n) is 10.9. The number of aliphatic imine (C=N–C) groups is 2. The van der Waals surface area contributed by atoms with Crippen LogP contribution < -0.4 is 5.73 Å². The monoisotopic (exact) mass is 468 g/mol. The van der Waals surface area contributed by atoms with Crippen LogP contribution in [-0.2, 0) is 19.1 Å². The smallest absolute Gasteiger partial charge is 0.384 e. The molecule has 176 valence electrons. The summed E-state index contributed by atoms with van der Waals surface area (Å²) >= 11 is 0. The third-order valence-electron chi connectivity index (χ3n) is 5.93. The van der Waals surface area contributed by atoms with Gasteiger partial charge in [-0.25, -0.2) is 19.3 Å². The van der Waals surface area contributed by atoms with Crippen LogP contribution in [0.1, 0.15) is 35.4 Å². The molecule has 0 spiro atoms. The molecule has 3 aromatic heterocycles. The Morgan fingerprint density at radius 1 is 1.12 bits per heavy atom. The van der Waals surface area contributed by atoms with E-state index in [9.17, 15) is 13.2 Å². The van der Waals surface area contributed by atoms with Gasteiger partial charge in [-0.15, -0.1) is 0 Å². The van der Waals surface area contributed by atoms with Gasteiger partial charge in [0.15, 0.2) is 11.6 Å². The SMILES string of the molecule is Cc1nn(C2=CC(N)=Nc3c(c(-c4ccncc4)nn3CC3CC3)CC=N2)c(C)c1C(F)(F)F. The third kappa shape index (κ3) is 4.13. The van der Waals surface area contributed by atoms with E-state index in [1.807, 2.05) is 16.8 Å². The Hall–Kier alpha value is -3.76. The fraction of sp³-hybridized carbons (Fsp3) is 0.348. The van der Waals surface area contributed by atoms with E-state index < -0.39 is 11.7 Å². The molecule has 1 aliphatic heterocycles. The fourth-order valence-corrected chi connectivity index (χ4v) is 4.16. The number of aryl methyl sites for hydroxylation is 1. The van der Waals surface area contributed by atoms with Crippen molar-refractivity contribution in [2.75, 3.05) is 0 Å². The molecule has 0 amide bonds. The van der Waals surface area contributed by atoms with Crippen LogP contribution >= 0.6 is 0 Å². The molecule has 0 aromatic carbocycles. The predicted molar refractivity (Wildman–Crippen MR) is 123 cm³/mol. The molecule has 1 fully saturated rings. The topological polar surface area (TPSA) is 99.3 Å². The molecule has 0 bridgehead atoms. The maximum Gasteiger partial charge on any atom is 0.419 e. The van der Waals surface area contributed by atoms with Crippen molar-refractivity contribution in [1.82, 2.24) is 24.5 Å². The van der Waals surface area contributed by atoms with E-state index in [2.05, 4.69) is 20.1 Å². The van der Waals surface area contributed by atoms with E-state index in [4.69, 9.17) is 10.8 Å². The van der Waals surface area contributed by atoms with Crippen LogP contribution in [0, 0.1) is 19.8 Å². The minimum absolute atomic E-state index is 0.0599. The van der Waals surface area contributed by atoms with E-state index in [1.54, 1.807) is 18.6 Å². The summed E-state index contributed by atoms with van der Waals surface area (Å²) in [7, 11) is 0. The summed E-state index contributed by atoms with van der Waals surface area (Å²) in [5, 5.41) is 8.91. The van der Waals surface area contributed by atoms with Crippen molar-refractivity contribution in [3.63, 3.8) is 0 Å². The highest BCUT2D eigenvalue weighted by Crippen LogP contribution is 2.37. The molecule has 11 heteroatoms. The average Bonchev–Trinajstić information content (AvgIpc) is 3.44. The Bertz CT molecular complexity index is 1320. The molecule has 1 saturated carbocycles. The van der Waals surface area contributed by atoms with Crippen molar-refractivity contribution < 1.29 is 13.2 Å². The van der Waals surface area contributed by atoms with Crippen LogP contribution in [-0.4, -0.2) is 36.6 Å². The molecule has 0 atom stereocenters. The van der Waals surface area contributed by atoms with Crippen LogP contribution in [0.15, 0.2) is 40.6 Å². The van der Waals surface area contributed by atoms with Gasteiger partial charge in [-0.3, -0.25) is 4.98 Å². The van der Waals surface area contributed by atoms with Gasteiger partial charge in [-0.1, -0.05) is 0 Å². The summed E-state index contributed by atoms with van der Waals surface area (Å²) in [5.74, 6) is 1.45. The van der Waals surface area contributed by atoms with E-state index in [0.717, 1.165) is 40.9 Å².